The van der Waals surface area contributed by atoms with Gasteiger partial charge in [-0.1, -0.05) is 36.4 Å². The number of hydrogen-bond donors (Lipinski definition) is 1. The zero-order chi connectivity index (χ0) is 18.9. The number of Topliss-reactive ketones (excluding diaryl/α,β-unsaturated/α-hetero) is 2. The number of nitrogens with zero attached hydrogens (tertiary/aromatic N) is 1. The van der Waals surface area contributed by atoms with Gasteiger partial charge in [0.1, 0.15) is 5.75 Å². The first-order valence-corrected chi connectivity index (χ1v) is 8.01. The van der Waals surface area contributed by atoms with E-state index in [0.29, 0.717) is 12.8 Å². The number of benzene rings is 2. The van der Waals surface area contributed by atoms with Crippen molar-refractivity contribution in [2.75, 3.05) is 6.61 Å². The van der Waals surface area contributed by atoms with Crippen molar-refractivity contribution in [2.24, 2.45) is 0 Å². The number of carbonyl (C=O) groups excluding carboxylic acids is 2. The average Bonchev–Trinajstić information content (AvgIpc) is 2.65. The second-order valence-electron chi connectivity index (χ2n) is 5.52. The molecule has 0 heterocycles. The van der Waals surface area contributed by atoms with Gasteiger partial charge in [0.25, 0.3) is 0 Å². The lowest BCUT2D eigenvalue weighted by Gasteiger charge is -2.12. The highest BCUT2D eigenvalue weighted by molar-refractivity contribution is 6.37. The number of carboxylic acid groups (broad SMARTS) is 1. The van der Waals surface area contributed by atoms with Crippen LogP contribution in [0.4, 0.5) is 0 Å². The zero-order valence-electron chi connectivity index (χ0n) is 14.0. The van der Waals surface area contributed by atoms with E-state index in [9.17, 15) is 14.4 Å². The van der Waals surface area contributed by atoms with Gasteiger partial charge in [-0.25, -0.2) is 4.79 Å². The van der Waals surface area contributed by atoms with Crippen LogP contribution in [0.3, 0.4) is 0 Å². The van der Waals surface area contributed by atoms with E-state index in [2.05, 4.69) is 0 Å². The summed E-state index contributed by atoms with van der Waals surface area (Å²) in [6, 6.07) is 16.3. The standard InChI is InChI=1S/C20H17NO5/c21-10-4-5-11-26-19-9-8-15(14-6-2-1-3-7-14)12-16(19)17(22)13-18(23)20(24)25/h1-3,6-9,12H,4-5,11,13H2,(H,24,25). The number of ether oxygens (including phenoxy) is 1. The Balaban J connectivity index is 2.32. The maximum atomic E-state index is 12.4. The molecule has 6 heteroatoms. The van der Waals surface area contributed by atoms with Gasteiger partial charge in [0.15, 0.2) is 5.78 Å². The topological polar surface area (TPSA) is 104 Å². The zero-order valence-corrected chi connectivity index (χ0v) is 14.0. The molecule has 0 spiro atoms. The molecule has 2 rings (SSSR count). The molecular weight excluding hydrogens is 334 g/mol. The molecule has 2 aromatic carbocycles. The predicted molar refractivity (Wildman–Crippen MR) is 93.8 cm³/mol. The summed E-state index contributed by atoms with van der Waals surface area (Å²) in [6.45, 7) is 0.241. The molecule has 6 nitrogen and oxygen atoms in total. The number of unbranched alkanes of at least 4 members (excludes halogenated alkanes) is 1. The molecule has 0 saturated carbocycles. The Bertz CT molecular complexity index is 852. The highest BCUT2D eigenvalue weighted by Gasteiger charge is 2.21. The van der Waals surface area contributed by atoms with E-state index in [0.717, 1.165) is 11.1 Å². The van der Waals surface area contributed by atoms with Crippen molar-refractivity contribution in [2.45, 2.75) is 19.3 Å². The number of hydrogen-bond acceptors (Lipinski definition) is 5. The fourth-order valence-corrected chi connectivity index (χ4v) is 2.33. The van der Waals surface area contributed by atoms with Crippen LogP contribution in [-0.4, -0.2) is 29.2 Å². The summed E-state index contributed by atoms with van der Waals surface area (Å²) in [4.78, 5) is 34.6. The molecule has 0 saturated heterocycles. The highest BCUT2D eigenvalue weighted by atomic mass is 16.5. The molecule has 0 unspecified atom stereocenters. The molecule has 2 aromatic rings. The Morgan fingerprint density at radius 1 is 1.04 bits per heavy atom. The maximum absolute atomic E-state index is 12.4. The van der Waals surface area contributed by atoms with Crippen molar-refractivity contribution in [3.63, 3.8) is 0 Å². The molecule has 132 valence electrons. The Labute approximate surface area is 150 Å². The molecule has 26 heavy (non-hydrogen) atoms. The van der Waals surface area contributed by atoms with Gasteiger partial charge >= 0.3 is 5.97 Å². The summed E-state index contributed by atoms with van der Waals surface area (Å²) in [5, 5.41) is 17.3. The molecule has 0 bridgehead atoms. The number of carboxylic acids is 1. The van der Waals surface area contributed by atoms with Crippen LogP contribution in [0, 0.1) is 11.3 Å². The van der Waals surface area contributed by atoms with Gasteiger partial charge < -0.3 is 9.84 Å². The third-order valence-corrected chi connectivity index (χ3v) is 3.64. The monoisotopic (exact) mass is 351 g/mol. The number of carbonyl (C=O) groups is 3. The second-order valence-corrected chi connectivity index (χ2v) is 5.52. The Hall–Kier alpha value is -3.46. The molecule has 1 N–H and O–H groups in total. The van der Waals surface area contributed by atoms with Gasteiger partial charge in [0, 0.05) is 6.42 Å². The van der Waals surface area contributed by atoms with E-state index in [-0.39, 0.29) is 17.9 Å². The first kappa shape index (κ1) is 18.9. The van der Waals surface area contributed by atoms with Gasteiger partial charge in [0.2, 0.25) is 5.78 Å². The van der Waals surface area contributed by atoms with Crippen LogP contribution in [-0.2, 0) is 9.59 Å². The van der Waals surface area contributed by atoms with Crippen molar-refractivity contribution >= 4 is 17.5 Å². The van der Waals surface area contributed by atoms with Crippen LogP contribution in [0.25, 0.3) is 11.1 Å². The molecule has 0 fully saturated rings. The van der Waals surface area contributed by atoms with Gasteiger partial charge in [-0.2, -0.15) is 5.26 Å². The number of ketones is 2. The molecule has 0 aliphatic rings. The summed E-state index contributed by atoms with van der Waals surface area (Å²) < 4.78 is 5.56. The second kappa shape index (κ2) is 9.14. The van der Waals surface area contributed by atoms with Gasteiger partial charge in [-0.15, -0.1) is 0 Å². The lowest BCUT2D eigenvalue weighted by molar-refractivity contribution is -0.148. The summed E-state index contributed by atoms with van der Waals surface area (Å²) in [5.41, 5.74) is 1.78. The minimum absolute atomic E-state index is 0.151. The molecule has 0 radical (unpaired) electrons. The largest absolute Gasteiger partial charge is 0.493 e. The Morgan fingerprint density at radius 2 is 1.77 bits per heavy atom. The molecule has 0 aliphatic carbocycles. The van der Waals surface area contributed by atoms with Crippen molar-refractivity contribution in [1.29, 1.82) is 5.26 Å². The Kier molecular flexibility index (Phi) is 6.63. The van der Waals surface area contributed by atoms with Crippen molar-refractivity contribution in [3.05, 3.63) is 54.1 Å². The fourth-order valence-electron chi connectivity index (χ4n) is 2.33. The van der Waals surface area contributed by atoms with Gasteiger partial charge in [-0.3, -0.25) is 9.59 Å². The third kappa shape index (κ3) is 5.02. The Morgan fingerprint density at radius 3 is 2.42 bits per heavy atom. The average molecular weight is 351 g/mol. The molecule has 0 atom stereocenters. The normalized spacial score (nSPS) is 9.96. The van der Waals surface area contributed by atoms with E-state index >= 15 is 0 Å². The molecule has 0 amide bonds. The van der Waals surface area contributed by atoms with E-state index < -0.39 is 24.0 Å². The van der Waals surface area contributed by atoms with E-state index in [1.165, 1.54) is 0 Å². The smallest absolute Gasteiger partial charge is 0.372 e. The van der Waals surface area contributed by atoms with Crippen molar-refractivity contribution in [3.8, 4) is 22.9 Å². The number of nitriles is 1. The van der Waals surface area contributed by atoms with Crippen LogP contribution >= 0.6 is 0 Å². The van der Waals surface area contributed by atoms with Crippen LogP contribution in [0.2, 0.25) is 0 Å². The third-order valence-electron chi connectivity index (χ3n) is 3.64. The number of rotatable bonds is 9. The molecule has 0 aromatic heterocycles. The first-order chi connectivity index (χ1) is 12.5. The maximum Gasteiger partial charge on any atom is 0.372 e. The predicted octanol–water partition coefficient (Wildman–Crippen LogP) is 3.26. The van der Waals surface area contributed by atoms with E-state index in [1.54, 1.807) is 18.2 Å². The SMILES string of the molecule is N#CCCCOc1ccc(-c2ccccc2)cc1C(=O)CC(=O)C(=O)O. The summed E-state index contributed by atoms with van der Waals surface area (Å²) in [7, 11) is 0. The quantitative estimate of drug-likeness (QED) is 0.322. The van der Waals surface area contributed by atoms with E-state index in [1.807, 2.05) is 36.4 Å². The van der Waals surface area contributed by atoms with Crippen LogP contribution < -0.4 is 4.74 Å². The minimum atomic E-state index is -1.64. The van der Waals surface area contributed by atoms with Crippen LogP contribution in [0.5, 0.6) is 5.75 Å². The van der Waals surface area contributed by atoms with Crippen LogP contribution in [0.1, 0.15) is 29.6 Å². The highest BCUT2D eigenvalue weighted by Crippen LogP contribution is 2.28. The summed E-state index contributed by atoms with van der Waals surface area (Å²) in [5.74, 6) is -3.17. The fraction of sp³-hybridized carbons (Fsp3) is 0.200. The lowest BCUT2D eigenvalue weighted by Crippen LogP contribution is -2.18. The van der Waals surface area contributed by atoms with Crippen molar-refractivity contribution < 1.29 is 24.2 Å². The number of aliphatic carboxylic acids is 1. The minimum Gasteiger partial charge on any atom is -0.493 e. The van der Waals surface area contributed by atoms with Crippen LogP contribution in [0.15, 0.2) is 48.5 Å². The van der Waals surface area contributed by atoms with E-state index in [4.69, 9.17) is 15.1 Å². The lowest BCUT2D eigenvalue weighted by atomic mass is 9.98. The van der Waals surface area contributed by atoms with Gasteiger partial charge in [0.05, 0.1) is 24.7 Å². The summed E-state index contributed by atoms with van der Waals surface area (Å²) in [6.07, 6.45) is 0.0869. The van der Waals surface area contributed by atoms with Gasteiger partial charge in [-0.05, 0) is 29.7 Å². The first-order valence-electron chi connectivity index (χ1n) is 8.01. The summed E-state index contributed by atoms with van der Waals surface area (Å²) >= 11 is 0. The molecular formula is C20H17NO5. The molecule has 0 aliphatic heterocycles. The van der Waals surface area contributed by atoms with Crippen molar-refractivity contribution in [1.82, 2.24) is 0 Å².